The first-order valence-electron chi connectivity index (χ1n) is 25.9. The molecule has 1 fully saturated rings. The highest BCUT2D eigenvalue weighted by Gasteiger charge is 2.44. The second-order valence-corrected chi connectivity index (χ2v) is 17.6. The van der Waals surface area contributed by atoms with Crippen LogP contribution < -0.4 is 0 Å². The molecule has 1 saturated heterocycles. The molecule has 4 N–H and O–H groups in total. The van der Waals surface area contributed by atoms with Crippen LogP contribution in [0, 0.1) is 0 Å². The summed E-state index contributed by atoms with van der Waals surface area (Å²) >= 11 is 0. The number of carbonyl (C=O) groups is 1. The summed E-state index contributed by atoms with van der Waals surface area (Å²) in [7, 11) is 0. The number of esters is 1. The van der Waals surface area contributed by atoms with Gasteiger partial charge < -0.3 is 39.4 Å². The minimum atomic E-state index is -1.54. The van der Waals surface area contributed by atoms with Gasteiger partial charge in [0.1, 0.15) is 30.5 Å². The molecule has 63 heavy (non-hydrogen) atoms. The third kappa shape index (κ3) is 35.8. The Morgan fingerprint density at radius 1 is 0.524 bits per heavy atom. The third-order valence-corrected chi connectivity index (χ3v) is 11.7. The lowest BCUT2D eigenvalue weighted by Gasteiger charge is -2.39. The van der Waals surface area contributed by atoms with Crippen molar-refractivity contribution < 1.29 is 44.2 Å². The number of carbonyl (C=O) groups excluding carboxylic acids is 1. The topological polar surface area (TPSA) is 135 Å². The van der Waals surface area contributed by atoms with Crippen LogP contribution in [0.5, 0.6) is 0 Å². The maximum atomic E-state index is 12.8. The van der Waals surface area contributed by atoms with E-state index in [0.717, 1.165) is 77.0 Å². The highest BCUT2D eigenvalue weighted by molar-refractivity contribution is 5.69. The van der Waals surface area contributed by atoms with E-state index < -0.39 is 43.4 Å². The van der Waals surface area contributed by atoms with Crippen molar-refractivity contribution in [3.05, 3.63) is 60.8 Å². The van der Waals surface area contributed by atoms with Gasteiger partial charge in [-0.3, -0.25) is 4.79 Å². The summed E-state index contributed by atoms with van der Waals surface area (Å²) in [6, 6.07) is 0. The maximum Gasteiger partial charge on any atom is 0.306 e. The number of aliphatic hydroxyl groups is 4. The van der Waals surface area contributed by atoms with Crippen LogP contribution in [0.3, 0.4) is 0 Å². The van der Waals surface area contributed by atoms with Gasteiger partial charge in [0, 0.05) is 13.0 Å². The van der Waals surface area contributed by atoms with E-state index in [0.29, 0.717) is 13.0 Å². The van der Waals surface area contributed by atoms with E-state index in [2.05, 4.69) is 74.6 Å². The van der Waals surface area contributed by atoms with Gasteiger partial charge in [0.05, 0.1) is 19.8 Å². The van der Waals surface area contributed by atoms with E-state index in [1.807, 2.05) is 0 Å². The van der Waals surface area contributed by atoms with Gasteiger partial charge in [0.15, 0.2) is 6.29 Å². The van der Waals surface area contributed by atoms with Crippen molar-refractivity contribution in [2.75, 3.05) is 26.4 Å². The fourth-order valence-electron chi connectivity index (χ4n) is 7.70. The van der Waals surface area contributed by atoms with Gasteiger partial charge in [-0.1, -0.05) is 209 Å². The molecule has 0 bridgehead atoms. The molecule has 0 amide bonds. The average molecular weight is 889 g/mol. The van der Waals surface area contributed by atoms with Gasteiger partial charge in [-0.25, -0.2) is 0 Å². The normalized spacial score (nSPS) is 20.1. The van der Waals surface area contributed by atoms with E-state index in [9.17, 15) is 25.2 Å². The molecule has 0 aliphatic carbocycles. The van der Waals surface area contributed by atoms with Crippen LogP contribution in [-0.4, -0.2) is 89.6 Å². The van der Waals surface area contributed by atoms with Gasteiger partial charge in [-0.05, 0) is 57.8 Å². The molecule has 9 heteroatoms. The highest BCUT2D eigenvalue weighted by atomic mass is 16.7. The van der Waals surface area contributed by atoms with Crippen LogP contribution in [0.2, 0.25) is 0 Å². The Bertz CT molecular complexity index is 1150. The number of hydrogen-bond donors (Lipinski definition) is 4. The minimum Gasteiger partial charge on any atom is -0.457 e. The quantitative estimate of drug-likeness (QED) is 0.0268. The van der Waals surface area contributed by atoms with E-state index in [1.165, 1.54) is 116 Å². The van der Waals surface area contributed by atoms with Gasteiger partial charge in [-0.15, -0.1) is 0 Å². The molecule has 0 aromatic carbocycles. The zero-order valence-electron chi connectivity index (χ0n) is 40.3. The monoisotopic (exact) mass is 889 g/mol. The van der Waals surface area contributed by atoms with Crippen LogP contribution in [0.25, 0.3) is 0 Å². The summed E-state index contributed by atoms with van der Waals surface area (Å²) in [6.07, 6.45) is 51.1. The van der Waals surface area contributed by atoms with Crippen molar-refractivity contribution in [1.82, 2.24) is 0 Å². The molecule has 1 rings (SSSR count). The lowest BCUT2D eigenvalue weighted by molar-refractivity contribution is -0.305. The second-order valence-electron chi connectivity index (χ2n) is 17.6. The Morgan fingerprint density at radius 3 is 1.46 bits per heavy atom. The summed E-state index contributed by atoms with van der Waals surface area (Å²) in [4.78, 5) is 12.8. The zero-order valence-corrected chi connectivity index (χ0v) is 40.3. The van der Waals surface area contributed by atoms with Crippen LogP contribution in [-0.2, 0) is 23.7 Å². The average Bonchev–Trinajstić information content (AvgIpc) is 3.28. The Hall–Kier alpha value is -2.11. The first-order chi connectivity index (χ1) is 30.9. The largest absolute Gasteiger partial charge is 0.457 e. The first-order valence-corrected chi connectivity index (χ1v) is 25.9. The predicted molar refractivity (Wildman–Crippen MR) is 261 cm³/mol. The van der Waals surface area contributed by atoms with Crippen molar-refractivity contribution >= 4 is 5.97 Å². The van der Waals surface area contributed by atoms with E-state index in [4.69, 9.17) is 18.9 Å². The molecule has 366 valence electrons. The van der Waals surface area contributed by atoms with Crippen molar-refractivity contribution in [3.8, 4) is 0 Å². The number of allylic oxidation sites excluding steroid dienone is 10. The second kappa shape index (κ2) is 45.1. The summed E-state index contributed by atoms with van der Waals surface area (Å²) in [5, 5.41) is 40.3. The van der Waals surface area contributed by atoms with Crippen LogP contribution in [0.1, 0.15) is 213 Å². The molecule has 1 aliphatic heterocycles. The van der Waals surface area contributed by atoms with Gasteiger partial charge in [-0.2, -0.15) is 0 Å². The molecule has 0 aromatic rings. The number of hydrogen-bond acceptors (Lipinski definition) is 9. The summed E-state index contributed by atoms with van der Waals surface area (Å²) < 4.78 is 22.9. The standard InChI is InChI=1S/C54H96O9/c1-3-5-7-9-11-13-15-17-19-21-23-24-25-26-28-30-32-34-36-38-40-42-44-60-46-48(47-61-54-53(59)52(58)51(57)49(45-55)63-54)62-50(56)43-41-39-37-35-33-31-29-27-22-20-18-16-14-12-10-8-6-4-2/h5,7,11,13,17,19,23-24,26,28,48-49,51-55,57-59H,3-4,6,8-10,12,14-16,18,20-22,25,27,29-47H2,1-2H3/b7-5-,13-11-,19-17-,24-23-,28-26-. The molecule has 0 spiro atoms. The SMILES string of the molecule is CC/C=C\C/C=C\C/C=C\C/C=C\C/C=C\CCCCCCCCOCC(COC1OC(CO)C(O)C(O)C1O)OC(=O)CCCCCCCCCCCCCCCCCCCC. The van der Waals surface area contributed by atoms with Gasteiger partial charge in [0.25, 0.3) is 0 Å². The van der Waals surface area contributed by atoms with Gasteiger partial charge >= 0.3 is 5.97 Å². The molecule has 1 heterocycles. The lowest BCUT2D eigenvalue weighted by Crippen LogP contribution is -2.59. The Balaban J connectivity index is 2.22. The summed E-state index contributed by atoms with van der Waals surface area (Å²) in [5.41, 5.74) is 0. The van der Waals surface area contributed by atoms with Crippen LogP contribution >= 0.6 is 0 Å². The molecule has 6 atom stereocenters. The molecular formula is C54H96O9. The smallest absolute Gasteiger partial charge is 0.306 e. The zero-order chi connectivity index (χ0) is 45.7. The first kappa shape index (κ1) is 58.9. The van der Waals surface area contributed by atoms with E-state index in [1.54, 1.807) is 0 Å². The molecule has 1 aliphatic rings. The van der Waals surface area contributed by atoms with Crippen LogP contribution in [0.15, 0.2) is 60.8 Å². The maximum absolute atomic E-state index is 12.8. The van der Waals surface area contributed by atoms with Crippen molar-refractivity contribution in [3.63, 3.8) is 0 Å². The minimum absolute atomic E-state index is 0.120. The number of ether oxygens (including phenoxy) is 4. The molecule has 0 aromatic heterocycles. The Labute approximate surface area is 385 Å². The van der Waals surface area contributed by atoms with Crippen molar-refractivity contribution in [2.45, 2.75) is 250 Å². The fraction of sp³-hybridized carbons (Fsp3) is 0.796. The Kier molecular flexibility index (Phi) is 42.1. The summed E-state index contributed by atoms with van der Waals surface area (Å²) in [6.45, 7) is 4.43. The van der Waals surface area contributed by atoms with Crippen LogP contribution in [0.4, 0.5) is 0 Å². The van der Waals surface area contributed by atoms with Crippen molar-refractivity contribution in [2.24, 2.45) is 0 Å². The molecule has 9 nitrogen and oxygen atoms in total. The molecule has 0 saturated carbocycles. The molecule has 0 radical (unpaired) electrons. The third-order valence-electron chi connectivity index (χ3n) is 11.7. The predicted octanol–water partition coefficient (Wildman–Crippen LogP) is 12.6. The molecule has 6 unspecified atom stereocenters. The Morgan fingerprint density at radius 2 is 0.968 bits per heavy atom. The molecular weight excluding hydrogens is 793 g/mol. The number of unbranched alkanes of at least 4 members (excludes halogenated alkanes) is 23. The van der Waals surface area contributed by atoms with E-state index in [-0.39, 0.29) is 19.2 Å². The summed E-state index contributed by atoms with van der Waals surface area (Å²) in [5.74, 6) is -0.318. The highest BCUT2D eigenvalue weighted by Crippen LogP contribution is 2.23. The van der Waals surface area contributed by atoms with Crippen molar-refractivity contribution in [1.29, 1.82) is 0 Å². The fourth-order valence-corrected chi connectivity index (χ4v) is 7.70. The number of aliphatic hydroxyl groups excluding tert-OH is 4. The van der Waals surface area contributed by atoms with Gasteiger partial charge in [0.2, 0.25) is 0 Å². The van der Waals surface area contributed by atoms with E-state index >= 15 is 0 Å². The lowest BCUT2D eigenvalue weighted by atomic mass is 9.99. The number of rotatable bonds is 44.